The van der Waals surface area contributed by atoms with Crippen LogP contribution in [0.1, 0.15) is 0 Å². The van der Waals surface area contributed by atoms with Crippen molar-refractivity contribution in [2.24, 2.45) is 0 Å². The maximum atomic E-state index is 6.52. The lowest BCUT2D eigenvalue weighted by atomic mass is 9.95. The number of hydrogen-bond acceptors (Lipinski definition) is 5. The van der Waals surface area contributed by atoms with Gasteiger partial charge in [0.1, 0.15) is 5.52 Å². The largest absolute Gasteiger partial charge is 0.435 e. The second kappa shape index (κ2) is 13.5. The number of benzene rings is 9. The van der Waals surface area contributed by atoms with Crippen LogP contribution >= 0.6 is 0 Å². The zero-order chi connectivity index (χ0) is 37.7. The lowest BCUT2D eigenvalue weighted by Crippen LogP contribution is -2.01. The van der Waals surface area contributed by atoms with Crippen LogP contribution in [0.25, 0.3) is 111 Å². The van der Waals surface area contributed by atoms with Gasteiger partial charge in [-0.2, -0.15) is 0 Å². The van der Waals surface area contributed by atoms with Crippen molar-refractivity contribution in [2.45, 2.75) is 0 Å². The standard InChI is InChI=1S/C52H32N4O/c1-3-13-34(14-4-1)41-21-9-10-22-44(41)50-54-49(55-51(56-50)45-24-11-18-35-15-7-8-20-42(35)45)39-28-26-33-25-27-38(31-40(33)32-39)43-23-12-19-36-29-30-46-48(47(36)43)57-52(53-46)37-16-5-2-6-17-37/h1-32H. The molecule has 0 saturated carbocycles. The van der Waals surface area contributed by atoms with Gasteiger partial charge in [0.25, 0.3) is 0 Å². The molecular weight excluding hydrogens is 697 g/mol. The van der Waals surface area contributed by atoms with E-state index >= 15 is 0 Å². The first kappa shape index (κ1) is 32.7. The number of oxazole rings is 1. The zero-order valence-corrected chi connectivity index (χ0v) is 30.7. The van der Waals surface area contributed by atoms with Gasteiger partial charge in [0.2, 0.25) is 5.89 Å². The van der Waals surface area contributed by atoms with E-state index in [9.17, 15) is 0 Å². The summed E-state index contributed by atoms with van der Waals surface area (Å²) in [5.74, 6) is 2.48. The Morgan fingerprint density at radius 2 is 0.895 bits per heavy atom. The van der Waals surface area contributed by atoms with E-state index in [1.54, 1.807) is 0 Å². The SMILES string of the molecule is c1ccc(-c2nc3ccc4cccc(-c5ccc6ccc(-c7nc(-c8ccccc8-c8ccccc8)nc(-c8cccc9ccccc89)n7)cc6c5)c4c3o2)cc1. The highest BCUT2D eigenvalue weighted by Gasteiger charge is 2.18. The Balaban J connectivity index is 1.08. The summed E-state index contributed by atoms with van der Waals surface area (Å²) in [5.41, 5.74) is 9.71. The molecule has 11 aromatic rings. The smallest absolute Gasteiger partial charge is 0.227 e. The van der Waals surface area contributed by atoms with Crippen molar-refractivity contribution in [2.75, 3.05) is 0 Å². The van der Waals surface area contributed by atoms with Gasteiger partial charge in [-0.15, -0.1) is 0 Å². The Morgan fingerprint density at radius 1 is 0.316 bits per heavy atom. The highest BCUT2D eigenvalue weighted by atomic mass is 16.3. The van der Waals surface area contributed by atoms with E-state index in [2.05, 4.69) is 146 Å². The van der Waals surface area contributed by atoms with Crippen LogP contribution < -0.4 is 0 Å². The molecule has 0 aliphatic rings. The van der Waals surface area contributed by atoms with Gasteiger partial charge < -0.3 is 4.42 Å². The molecule has 0 radical (unpaired) electrons. The molecule has 11 rings (SSSR count). The van der Waals surface area contributed by atoms with Crippen LogP contribution in [0, 0.1) is 0 Å². The second-order valence-corrected chi connectivity index (χ2v) is 14.2. The Hall–Kier alpha value is -7.76. The molecule has 0 N–H and O–H groups in total. The summed E-state index contributed by atoms with van der Waals surface area (Å²) in [5, 5.41) is 6.56. The molecule has 0 spiro atoms. The van der Waals surface area contributed by atoms with E-state index in [1.807, 2.05) is 48.5 Å². The summed E-state index contributed by atoms with van der Waals surface area (Å²) in [6.45, 7) is 0. The predicted octanol–water partition coefficient (Wildman–Crippen LogP) is 13.5. The highest BCUT2D eigenvalue weighted by Crippen LogP contribution is 2.39. The Bertz CT molecular complexity index is 3290. The van der Waals surface area contributed by atoms with Crippen molar-refractivity contribution in [3.8, 4) is 67.9 Å². The van der Waals surface area contributed by atoms with Crippen molar-refractivity contribution in [1.82, 2.24) is 19.9 Å². The maximum Gasteiger partial charge on any atom is 0.227 e. The summed E-state index contributed by atoms with van der Waals surface area (Å²) in [4.78, 5) is 20.5. The average molecular weight is 729 g/mol. The minimum atomic E-state index is 0.611. The third-order valence-corrected chi connectivity index (χ3v) is 10.7. The average Bonchev–Trinajstić information content (AvgIpc) is 3.74. The van der Waals surface area contributed by atoms with E-state index in [-0.39, 0.29) is 0 Å². The maximum absolute atomic E-state index is 6.52. The molecule has 5 nitrogen and oxygen atoms in total. The third-order valence-electron chi connectivity index (χ3n) is 10.7. The van der Waals surface area contributed by atoms with Gasteiger partial charge >= 0.3 is 0 Å². The minimum absolute atomic E-state index is 0.611. The van der Waals surface area contributed by atoms with Crippen LogP contribution in [-0.4, -0.2) is 19.9 Å². The molecule has 0 aliphatic heterocycles. The van der Waals surface area contributed by atoms with Gasteiger partial charge in [-0.25, -0.2) is 19.9 Å². The fourth-order valence-corrected chi connectivity index (χ4v) is 7.97. The van der Waals surface area contributed by atoms with E-state index < -0.39 is 0 Å². The fraction of sp³-hybridized carbons (Fsp3) is 0. The van der Waals surface area contributed by atoms with E-state index in [0.717, 1.165) is 87.9 Å². The minimum Gasteiger partial charge on any atom is -0.435 e. The van der Waals surface area contributed by atoms with Crippen LogP contribution in [0.4, 0.5) is 0 Å². The molecule has 0 saturated heterocycles. The molecule has 9 aromatic carbocycles. The Morgan fingerprint density at radius 3 is 1.72 bits per heavy atom. The van der Waals surface area contributed by atoms with Gasteiger partial charge in [0.15, 0.2) is 23.1 Å². The molecule has 2 aromatic heterocycles. The monoisotopic (exact) mass is 728 g/mol. The van der Waals surface area contributed by atoms with Crippen LogP contribution in [-0.2, 0) is 0 Å². The summed E-state index contributed by atoms with van der Waals surface area (Å²) in [7, 11) is 0. The van der Waals surface area contributed by atoms with Gasteiger partial charge in [-0.1, -0.05) is 164 Å². The first-order chi connectivity index (χ1) is 28.2. The van der Waals surface area contributed by atoms with Crippen LogP contribution in [0.15, 0.2) is 199 Å². The van der Waals surface area contributed by atoms with Crippen molar-refractivity contribution in [1.29, 1.82) is 0 Å². The van der Waals surface area contributed by atoms with Crippen LogP contribution in [0.5, 0.6) is 0 Å². The van der Waals surface area contributed by atoms with Crippen molar-refractivity contribution in [3.63, 3.8) is 0 Å². The molecule has 0 bridgehead atoms. The van der Waals surface area contributed by atoms with Gasteiger partial charge in [-0.05, 0) is 79.5 Å². The Labute approximate surface area is 328 Å². The molecule has 2 heterocycles. The molecule has 57 heavy (non-hydrogen) atoms. The van der Waals surface area contributed by atoms with E-state index in [0.29, 0.717) is 23.4 Å². The summed E-state index contributed by atoms with van der Waals surface area (Å²) < 4.78 is 6.52. The molecular formula is C52H32N4O. The van der Waals surface area contributed by atoms with E-state index in [1.165, 1.54) is 0 Å². The molecule has 0 aliphatic carbocycles. The Kier molecular flexibility index (Phi) is 7.74. The number of rotatable bonds is 6. The topological polar surface area (TPSA) is 64.7 Å². The first-order valence-electron chi connectivity index (χ1n) is 19.0. The number of nitrogens with zero attached hydrogens (tertiary/aromatic N) is 4. The number of fused-ring (bicyclic) bond motifs is 5. The molecule has 0 amide bonds. The summed E-state index contributed by atoms with van der Waals surface area (Å²) in [6, 6.07) is 67.1. The lowest BCUT2D eigenvalue weighted by Gasteiger charge is -2.13. The van der Waals surface area contributed by atoms with E-state index in [4.69, 9.17) is 24.4 Å². The first-order valence-corrected chi connectivity index (χ1v) is 19.0. The van der Waals surface area contributed by atoms with Gasteiger partial charge in [0, 0.05) is 27.6 Å². The number of aromatic nitrogens is 4. The number of hydrogen-bond donors (Lipinski definition) is 0. The summed E-state index contributed by atoms with van der Waals surface area (Å²) >= 11 is 0. The van der Waals surface area contributed by atoms with Crippen molar-refractivity contribution < 1.29 is 4.42 Å². The molecule has 0 fully saturated rings. The van der Waals surface area contributed by atoms with Crippen molar-refractivity contribution in [3.05, 3.63) is 194 Å². The quantitative estimate of drug-likeness (QED) is 0.171. The second-order valence-electron chi connectivity index (χ2n) is 14.2. The molecule has 0 atom stereocenters. The normalized spacial score (nSPS) is 11.5. The molecule has 5 heteroatoms. The zero-order valence-electron chi connectivity index (χ0n) is 30.7. The van der Waals surface area contributed by atoms with Gasteiger partial charge in [-0.3, -0.25) is 0 Å². The summed E-state index contributed by atoms with van der Waals surface area (Å²) in [6.07, 6.45) is 0. The van der Waals surface area contributed by atoms with Crippen molar-refractivity contribution >= 4 is 43.4 Å². The molecule has 266 valence electrons. The third kappa shape index (κ3) is 5.81. The fourth-order valence-electron chi connectivity index (χ4n) is 7.97. The highest BCUT2D eigenvalue weighted by molar-refractivity contribution is 6.12. The van der Waals surface area contributed by atoms with Crippen LogP contribution in [0.3, 0.4) is 0 Å². The van der Waals surface area contributed by atoms with Gasteiger partial charge in [0.05, 0.1) is 0 Å². The lowest BCUT2D eigenvalue weighted by molar-refractivity contribution is 0.623. The molecule has 0 unspecified atom stereocenters. The predicted molar refractivity (Wildman–Crippen MR) is 233 cm³/mol. The van der Waals surface area contributed by atoms with Crippen LogP contribution in [0.2, 0.25) is 0 Å².